The van der Waals surface area contributed by atoms with Crippen molar-refractivity contribution in [2.75, 3.05) is 19.6 Å². The summed E-state index contributed by atoms with van der Waals surface area (Å²) in [5.74, 6) is -0.648. The van der Waals surface area contributed by atoms with E-state index >= 15 is 0 Å². The van der Waals surface area contributed by atoms with Crippen LogP contribution in [-0.4, -0.2) is 51.9 Å². The average molecular weight is 552 g/mol. The van der Waals surface area contributed by atoms with Gasteiger partial charge < -0.3 is 20.2 Å². The summed E-state index contributed by atoms with van der Waals surface area (Å²) < 4.78 is 0. The second-order valence-electron chi connectivity index (χ2n) is 11.2. The van der Waals surface area contributed by atoms with Gasteiger partial charge in [0, 0.05) is 5.92 Å². The van der Waals surface area contributed by atoms with E-state index in [1.807, 2.05) is 48.5 Å². The van der Waals surface area contributed by atoms with Gasteiger partial charge in [-0.2, -0.15) is 0 Å². The fourth-order valence-corrected chi connectivity index (χ4v) is 5.62. The van der Waals surface area contributed by atoms with Gasteiger partial charge in [-0.3, -0.25) is 4.79 Å². The number of benzene rings is 3. The van der Waals surface area contributed by atoms with Gasteiger partial charge >= 0.3 is 5.97 Å². The number of rotatable bonds is 11. The smallest absolute Gasteiger partial charge is 0.313 e. The maximum atomic E-state index is 11.5. The molecule has 0 spiro atoms. The first-order valence-corrected chi connectivity index (χ1v) is 13.8. The van der Waals surface area contributed by atoms with E-state index in [2.05, 4.69) is 29.2 Å². The van der Waals surface area contributed by atoms with Gasteiger partial charge in [0.25, 0.3) is 0 Å². The summed E-state index contributed by atoms with van der Waals surface area (Å²) in [6.45, 7) is 6.20. The number of aliphatic carboxylic acids is 1. The fourth-order valence-electron chi connectivity index (χ4n) is 5.62. The number of piperidine rings is 1. The third-order valence-electron chi connectivity index (χ3n) is 8.28. The molecule has 1 fully saturated rings. The number of hydrogen-bond acceptors (Lipinski definition) is 4. The third-order valence-corrected chi connectivity index (χ3v) is 8.28. The van der Waals surface area contributed by atoms with Crippen LogP contribution in [-0.2, 0) is 10.2 Å². The predicted octanol–water partition coefficient (Wildman–Crippen LogP) is 6.19. The van der Waals surface area contributed by atoms with Gasteiger partial charge in [0.15, 0.2) is 0 Å². The molecule has 0 amide bonds. The minimum absolute atomic E-state index is 0. The number of halogens is 1. The lowest BCUT2D eigenvalue weighted by Gasteiger charge is -2.37. The van der Waals surface area contributed by atoms with Crippen LogP contribution in [0.3, 0.4) is 0 Å². The minimum Gasteiger partial charge on any atom is -0.481 e. The maximum Gasteiger partial charge on any atom is 0.313 e. The lowest BCUT2D eigenvalue weighted by Crippen LogP contribution is -2.40. The molecule has 3 aromatic rings. The molecule has 0 saturated carbocycles. The Morgan fingerprint density at radius 3 is 1.85 bits per heavy atom. The van der Waals surface area contributed by atoms with Crippen LogP contribution in [0.25, 0.3) is 0 Å². The van der Waals surface area contributed by atoms with Gasteiger partial charge in [-0.15, -0.1) is 12.4 Å². The number of carboxylic acid groups (broad SMARTS) is 1. The van der Waals surface area contributed by atoms with Gasteiger partial charge in [-0.1, -0.05) is 84.9 Å². The Balaban J connectivity index is 0.00000420. The molecular formula is C33H42ClNO4. The largest absolute Gasteiger partial charge is 0.481 e. The number of aliphatic hydroxyl groups is 2. The summed E-state index contributed by atoms with van der Waals surface area (Å²) in [7, 11) is 0. The van der Waals surface area contributed by atoms with Gasteiger partial charge in [-0.05, 0) is 87.3 Å². The summed E-state index contributed by atoms with van der Waals surface area (Å²) in [5, 5.41) is 31.6. The van der Waals surface area contributed by atoms with E-state index in [1.54, 1.807) is 26.0 Å². The molecule has 0 aliphatic carbocycles. The van der Waals surface area contributed by atoms with Crippen LogP contribution < -0.4 is 0 Å². The van der Waals surface area contributed by atoms with Crippen molar-refractivity contribution in [2.45, 2.75) is 63.1 Å². The van der Waals surface area contributed by atoms with E-state index in [9.17, 15) is 20.1 Å². The highest BCUT2D eigenvalue weighted by atomic mass is 35.5. The minimum atomic E-state index is -0.953. The monoisotopic (exact) mass is 551 g/mol. The summed E-state index contributed by atoms with van der Waals surface area (Å²) in [6.07, 6.45) is 2.47. The molecule has 1 saturated heterocycles. The molecule has 2 unspecified atom stereocenters. The molecule has 1 aliphatic rings. The Kier molecular flexibility index (Phi) is 11.1. The Morgan fingerprint density at radius 2 is 1.36 bits per heavy atom. The van der Waals surface area contributed by atoms with Crippen molar-refractivity contribution in [1.29, 1.82) is 0 Å². The van der Waals surface area contributed by atoms with Crippen LogP contribution in [0.15, 0.2) is 84.9 Å². The normalized spacial score (nSPS) is 16.4. The van der Waals surface area contributed by atoms with E-state index in [4.69, 9.17) is 0 Å². The quantitative estimate of drug-likeness (QED) is 0.265. The Bertz CT molecular complexity index is 1110. The maximum absolute atomic E-state index is 11.5. The summed E-state index contributed by atoms with van der Waals surface area (Å²) >= 11 is 0. The van der Waals surface area contributed by atoms with Gasteiger partial charge in [0.05, 0.1) is 17.6 Å². The molecule has 5 nitrogen and oxygen atoms in total. The van der Waals surface area contributed by atoms with Gasteiger partial charge in [0.2, 0.25) is 0 Å². The first-order chi connectivity index (χ1) is 18.3. The van der Waals surface area contributed by atoms with E-state index in [-0.39, 0.29) is 24.2 Å². The molecule has 0 bridgehead atoms. The topological polar surface area (TPSA) is 81.0 Å². The number of likely N-dealkylation sites (tertiary alicyclic amines) is 1. The molecule has 4 rings (SSSR count). The molecule has 2 atom stereocenters. The van der Waals surface area contributed by atoms with E-state index in [1.165, 1.54) is 0 Å². The lowest BCUT2D eigenvalue weighted by atomic mass is 9.78. The zero-order valence-corrected chi connectivity index (χ0v) is 23.8. The van der Waals surface area contributed by atoms with E-state index in [0.717, 1.165) is 61.2 Å². The highest BCUT2D eigenvalue weighted by molar-refractivity contribution is 5.85. The van der Waals surface area contributed by atoms with Crippen LogP contribution >= 0.6 is 12.4 Å². The molecular weight excluding hydrogens is 510 g/mol. The Hall–Kier alpha value is -2.70. The number of hydrogen-bond donors (Lipinski definition) is 3. The van der Waals surface area contributed by atoms with Gasteiger partial charge in [-0.25, -0.2) is 0 Å². The first-order valence-electron chi connectivity index (χ1n) is 13.8. The van der Waals surface area contributed by atoms with Crippen molar-refractivity contribution < 1.29 is 20.1 Å². The Labute approximate surface area is 238 Å². The van der Waals surface area contributed by atoms with E-state index < -0.39 is 23.6 Å². The molecule has 0 aromatic heterocycles. The fraction of sp³-hybridized carbons (Fsp3) is 0.424. The van der Waals surface area contributed by atoms with Crippen molar-refractivity contribution in [3.05, 3.63) is 107 Å². The predicted molar refractivity (Wildman–Crippen MR) is 158 cm³/mol. The van der Waals surface area contributed by atoms with Crippen LogP contribution in [0.4, 0.5) is 0 Å². The third kappa shape index (κ3) is 7.70. The average Bonchev–Trinajstić information content (AvgIpc) is 2.94. The van der Waals surface area contributed by atoms with Crippen LogP contribution in [0, 0.1) is 5.92 Å². The van der Waals surface area contributed by atoms with Crippen LogP contribution in [0.2, 0.25) is 0 Å². The molecule has 3 N–H and O–H groups in total. The number of aliphatic hydroxyl groups excluding tert-OH is 2. The summed E-state index contributed by atoms with van der Waals surface area (Å²) in [4.78, 5) is 13.9. The van der Waals surface area contributed by atoms with Crippen molar-refractivity contribution in [2.24, 2.45) is 5.92 Å². The molecule has 6 heteroatoms. The van der Waals surface area contributed by atoms with Crippen molar-refractivity contribution in [3.8, 4) is 0 Å². The van der Waals surface area contributed by atoms with Crippen LogP contribution in [0.1, 0.15) is 73.8 Å². The zero-order chi connectivity index (χ0) is 27.1. The molecule has 1 aliphatic heterocycles. The molecule has 0 radical (unpaired) electrons. The van der Waals surface area contributed by atoms with Gasteiger partial charge in [0.1, 0.15) is 0 Å². The van der Waals surface area contributed by atoms with Crippen molar-refractivity contribution in [1.82, 2.24) is 4.90 Å². The molecule has 39 heavy (non-hydrogen) atoms. The molecule has 3 aromatic carbocycles. The second kappa shape index (κ2) is 14.1. The Morgan fingerprint density at radius 1 is 0.846 bits per heavy atom. The second-order valence-corrected chi connectivity index (χ2v) is 11.2. The number of nitrogens with zero attached hydrogens (tertiary/aromatic N) is 1. The van der Waals surface area contributed by atoms with Crippen molar-refractivity contribution in [3.63, 3.8) is 0 Å². The number of carboxylic acids is 1. The molecule has 1 heterocycles. The zero-order valence-electron chi connectivity index (χ0n) is 22.9. The number of carbonyl (C=O) groups is 1. The van der Waals surface area contributed by atoms with Crippen molar-refractivity contribution >= 4 is 18.4 Å². The van der Waals surface area contributed by atoms with E-state index in [0.29, 0.717) is 6.42 Å². The lowest BCUT2D eigenvalue weighted by molar-refractivity contribution is -0.142. The van der Waals surface area contributed by atoms with Crippen LogP contribution in [0.5, 0.6) is 0 Å². The highest BCUT2D eigenvalue weighted by Gasteiger charge is 2.33. The highest BCUT2D eigenvalue weighted by Crippen LogP contribution is 2.35. The standard InChI is InChI=1S/C33H41NO4.ClH/c1-33(2,32(37)38)28-17-15-24(16-18-28)29(35)14-9-21-34-22-19-27(20-23-34)31(36)30(25-10-5-3-6-11-25)26-12-7-4-8-13-26;/h3-8,10-13,15-18,27,29-31,35-36H,9,14,19-23H2,1-2H3,(H,37,38);1H. The summed E-state index contributed by atoms with van der Waals surface area (Å²) in [6, 6.07) is 27.9. The first kappa shape index (κ1) is 30.8. The summed E-state index contributed by atoms with van der Waals surface area (Å²) in [5.41, 5.74) is 2.91. The molecule has 210 valence electrons. The SMILES string of the molecule is CC(C)(C(=O)O)c1ccc(C(O)CCCN2CCC(C(O)C(c3ccccc3)c3ccccc3)CC2)cc1.Cl.